The van der Waals surface area contributed by atoms with E-state index in [4.69, 9.17) is 0 Å². The van der Waals surface area contributed by atoms with Crippen LogP contribution in [0.15, 0.2) is 0 Å². The minimum absolute atomic E-state index is 0. The average Bonchev–Trinajstić information content (AvgIpc) is 2.71. The van der Waals surface area contributed by atoms with Gasteiger partial charge in [0.1, 0.15) is 0 Å². The zero-order chi connectivity index (χ0) is 27.2. The average molecular weight is 755 g/mol. The molecule has 0 atom stereocenters. The fourth-order valence-electron chi connectivity index (χ4n) is 2.73. The van der Waals surface area contributed by atoms with E-state index in [-0.39, 0.29) is 122 Å². The molecule has 0 saturated heterocycles. The van der Waals surface area contributed by atoms with Crippen LogP contribution in [0.1, 0.15) is 80.1 Å². The maximum atomic E-state index is 10.4. The second-order valence-electron chi connectivity index (χ2n) is 7.09. The first kappa shape index (κ1) is 44.6. The van der Waals surface area contributed by atoms with Crippen LogP contribution in [0.2, 0.25) is 0 Å². The summed E-state index contributed by atoms with van der Waals surface area (Å²) >= 11 is 0. The third kappa shape index (κ3) is 11.7. The molecular weight excluding hydrogens is 724 g/mol. The Morgan fingerprint density at radius 3 is 0.457 bits per heavy atom. The quantitative estimate of drug-likeness (QED) is 0.170. The van der Waals surface area contributed by atoms with Crippen molar-refractivity contribution < 1.29 is 143 Å². The number of carbonyl (C=O) groups is 6. The Balaban J connectivity index is -0.000000125. The van der Waals surface area contributed by atoms with Crippen molar-refractivity contribution in [2.45, 2.75) is 80.1 Å². The van der Waals surface area contributed by atoms with Crippen LogP contribution < -0.4 is 30.6 Å². The van der Waals surface area contributed by atoms with E-state index in [1.165, 1.54) is 41.5 Å². The number of hydrogen-bond donors (Lipinski definition) is 0. The van der Waals surface area contributed by atoms with E-state index < -0.39 is 52.1 Å². The van der Waals surface area contributed by atoms with Crippen molar-refractivity contribution in [1.29, 1.82) is 0 Å². The third-order valence-corrected chi connectivity index (χ3v) is 5.97. The molecule has 194 valence electrons. The second-order valence-corrected chi connectivity index (χ2v) is 7.09. The van der Waals surface area contributed by atoms with Crippen LogP contribution in [-0.4, -0.2) is 35.8 Å². The van der Waals surface area contributed by atoms with Crippen molar-refractivity contribution in [2.75, 3.05) is 0 Å². The van der Waals surface area contributed by atoms with Gasteiger partial charge in [-0.2, -0.15) is 0 Å². The van der Waals surface area contributed by atoms with Gasteiger partial charge in [-0.15, -0.1) is 0 Å². The molecule has 0 unspecified atom stereocenters. The van der Waals surface area contributed by atoms with E-state index in [0.717, 1.165) is 0 Å². The Bertz CT molecular complexity index is 566. The summed E-state index contributed by atoms with van der Waals surface area (Å²) in [5.74, 6) is -9.40. The van der Waals surface area contributed by atoms with Crippen molar-refractivity contribution in [2.24, 2.45) is 16.2 Å². The molecule has 0 amide bonds. The van der Waals surface area contributed by atoms with Gasteiger partial charge in [-0.1, -0.05) is 41.5 Å². The van der Waals surface area contributed by atoms with Crippen LogP contribution in [0.25, 0.3) is 0 Å². The van der Waals surface area contributed by atoms with Gasteiger partial charge in [0.25, 0.3) is 0 Å². The normalized spacial score (nSPS) is 10.5. The van der Waals surface area contributed by atoms with Gasteiger partial charge in [-0.05, 0) is 38.5 Å². The van der Waals surface area contributed by atoms with E-state index in [2.05, 4.69) is 0 Å². The molecule has 2 radical (unpaired) electrons. The molecule has 0 rings (SSSR count). The maximum Gasteiger partial charge on any atom is 3.00 e. The molecule has 0 aromatic heterocycles. The molecule has 0 spiro atoms. The van der Waals surface area contributed by atoms with Gasteiger partial charge >= 0.3 is 83.5 Å². The van der Waals surface area contributed by atoms with Crippen molar-refractivity contribution in [3.8, 4) is 0 Å². The first-order chi connectivity index (χ1) is 15.0. The van der Waals surface area contributed by atoms with Crippen LogP contribution in [0.5, 0.6) is 0 Å². The molecule has 0 aliphatic carbocycles. The fraction of sp³-hybridized carbons (Fsp3) is 0.714. The monoisotopic (exact) mass is 754 g/mol. The molecule has 0 bridgehead atoms. The molecule has 0 saturated carbocycles. The summed E-state index contributed by atoms with van der Waals surface area (Å²) < 4.78 is 0. The summed E-state index contributed by atoms with van der Waals surface area (Å²) in [5.41, 5.74) is -5.42. The predicted molar refractivity (Wildman–Crippen MR) is 99.1 cm³/mol. The van der Waals surface area contributed by atoms with Crippen LogP contribution in [0.4, 0.5) is 0 Å². The second kappa shape index (κ2) is 20.6. The Morgan fingerprint density at radius 1 is 0.371 bits per heavy atom. The molecule has 0 aromatic rings. The summed E-state index contributed by atoms with van der Waals surface area (Å²) in [6.45, 7) is 8.89. The van der Waals surface area contributed by atoms with E-state index in [1.807, 2.05) is 0 Å². The standard InChI is InChI=1S/3C7H12O4.2Ce/c3*1-3-7(4-2,5(8)9)6(10)11;;/h3*3-4H2,1-2H3,(H,8,9)(H,10,11);;/q;;;2*+3/p-6. The van der Waals surface area contributed by atoms with Gasteiger partial charge in [0.05, 0.1) is 35.8 Å². The molecule has 0 aromatic carbocycles. The van der Waals surface area contributed by atoms with Crippen molar-refractivity contribution in [1.82, 2.24) is 0 Å². The molecule has 0 aliphatic rings. The van der Waals surface area contributed by atoms with Crippen LogP contribution in [-0.2, 0) is 28.8 Å². The molecule has 14 heteroatoms. The Labute approximate surface area is 272 Å². The van der Waals surface area contributed by atoms with Crippen LogP contribution >= 0.6 is 0 Å². The topological polar surface area (TPSA) is 241 Å². The van der Waals surface area contributed by atoms with Gasteiger partial charge in [0.2, 0.25) is 0 Å². The molecule has 0 heterocycles. The molecule has 35 heavy (non-hydrogen) atoms. The Hall–Kier alpha value is -0.427. The molecule has 12 nitrogen and oxygen atoms in total. The van der Waals surface area contributed by atoms with Gasteiger partial charge in [0, 0.05) is 16.2 Å². The Kier molecular flexibility index (Phi) is 26.2. The first-order valence-electron chi connectivity index (χ1n) is 10.3. The van der Waals surface area contributed by atoms with E-state index in [9.17, 15) is 59.4 Å². The zero-order valence-electron chi connectivity index (χ0n) is 20.6. The van der Waals surface area contributed by atoms with Crippen molar-refractivity contribution in [3.63, 3.8) is 0 Å². The third-order valence-electron chi connectivity index (χ3n) is 5.97. The van der Waals surface area contributed by atoms with Crippen LogP contribution in [0, 0.1) is 99.7 Å². The summed E-state index contributed by atoms with van der Waals surface area (Å²) in [7, 11) is 0. The van der Waals surface area contributed by atoms with Crippen molar-refractivity contribution >= 4 is 35.8 Å². The number of carbonyl (C=O) groups excluding carboxylic acids is 6. The van der Waals surface area contributed by atoms with E-state index >= 15 is 0 Å². The number of hydrogen-bond acceptors (Lipinski definition) is 12. The Morgan fingerprint density at radius 2 is 0.457 bits per heavy atom. The van der Waals surface area contributed by atoms with Gasteiger partial charge < -0.3 is 59.4 Å². The summed E-state index contributed by atoms with van der Waals surface area (Å²) in [4.78, 5) is 62.4. The predicted octanol–water partition coefficient (Wildman–Crippen LogP) is -5.12. The summed E-state index contributed by atoms with van der Waals surface area (Å²) in [6, 6.07) is 0. The number of carboxylic acids is 6. The molecular formula is C21H30Ce2O12. The zero-order valence-corrected chi connectivity index (χ0v) is 26.9. The minimum atomic E-state index is -1.81. The first-order valence-corrected chi connectivity index (χ1v) is 10.3. The number of rotatable bonds is 12. The molecule has 0 fully saturated rings. The number of aliphatic carboxylic acids is 6. The molecule has 0 aliphatic heterocycles. The smallest absolute Gasteiger partial charge is 0.549 e. The van der Waals surface area contributed by atoms with E-state index in [0.29, 0.717) is 0 Å². The van der Waals surface area contributed by atoms with Gasteiger partial charge in [-0.3, -0.25) is 0 Å². The fourth-order valence-corrected chi connectivity index (χ4v) is 2.73. The van der Waals surface area contributed by atoms with E-state index in [1.54, 1.807) is 0 Å². The summed E-state index contributed by atoms with van der Waals surface area (Å²) in [5, 5.41) is 62.4. The molecule has 0 N–H and O–H groups in total. The van der Waals surface area contributed by atoms with Crippen LogP contribution in [0.3, 0.4) is 0 Å². The summed E-state index contributed by atoms with van der Waals surface area (Å²) in [6.07, 6.45) is -0.0347. The number of carboxylic acid groups (broad SMARTS) is 6. The van der Waals surface area contributed by atoms with Crippen molar-refractivity contribution in [3.05, 3.63) is 0 Å². The minimum Gasteiger partial charge on any atom is -0.549 e. The van der Waals surface area contributed by atoms with Gasteiger partial charge in [0.15, 0.2) is 0 Å². The van der Waals surface area contributed by atoms with Gasteiger partial charge in [-0.25, -0.2) is 0 Å². The largest absolute Gasteiger partial charge is 3.00 e. The SMILES string of the molecule is CCC(CC)(C(=O)[O-])C(=O)[O-].CCC(CC)(C(=O)[O-])C(=O)[O-].CCC(CC)(C(=O)[O-])C(=O)[O-].[Ce+3].[Ce+3]. The maximum absolute atomic E-state index is 10.4.